The molecule has 1 aliphatic heterocycles. The van der Waals surface area contributed by atoms with E-state index in [1.165, 1.54) is 25.9 Å². The second kappa shape index (κ2) is 5.53. The van der Waals surface area contributed by atoms with Crippen LogP contribution in [0.4, 0.5) is 0 Å². The Hall–Kier alpha value is -0.0400. The number of rotatable bonds is 3. The topological polar surface area (TPSA) is 12.0 Å². The molecule has 0 spiro atoms. The van der Waals surface area contributed by atoms with Crippen LogP contribution in [0.15, 0.2) is 0 Å². The van der Waals surface area contributed by atoms with Gasteiger partial charge < -0.3 is 5.32 Å². The third-order valence-corrected chi connectivity index (χ3v) is 4.13. The first-order valence-corrected chi connectivity index (χ1v) is 7.07. The predicted molar refractivity (Wildman–Crippen MR) is 72.5 cm³/mol. The molecule has 1 heteroatoms. The maximum atomic E-state index is 3.64. The van der Waals surface area contributed by atoms with Crippen LogP contribution in [0.3, 0.4) is 0 Å². The zero-order valence-corrected chi connectivity index (χ0v) is 12.1. The molecule has 1 N–H and O–H groups in total. The summed E-state index contributed by atoms with van der Waals surface area (Å²) in [6.07, 6.45) is 2.70. The number of hydrogen-bond donors (Lipinski definition) is 1. The summed E-state index contributed by atoms with van der Waals surface area (Å²) < 4.78 is 0. The van der Waals surface area contributed by atoms with E-state index in [2.05, 4.69) is 46.9 Å². The summed E-state index contributed by atoms with van der Waals surface area (Å²) in [6.45, 7) is 16.8. The Bertz CT molecular complexity index is 202. The minimum atomic E-state index is 0.461. The van der Waals surface area contributed by atoms with E-state index < -0.39 is 0 Å². The molecule has 16 heavy (non-hydrogen) atoms. The Balaban J connectivity index is 2.79. The van der Waals surface area contributed by atoms with E-state index in [-0.39, 0.29) is 0 Å². The van der Waals surface area contributed by atoms with Crippen molar-refractivity contribution in [1.82, 2.24) is 5.32 Å². The number of nitrogens with one attached hydrogen (secondary N) is 1. The maximum absolute atomic E-state index is 3.64. The van der Waals surface area contributed by atoms with Crippen LogP contribution in [-0.2, 0) is 0 Å². The summed E-state index contributed by atoms with van der Waals surface area (Å²) in [5, 5.41) is 3.64. The van der Waals surface area contributed by atoms with Gasteiger partial charge in [-0.3, -0.25) is 0 Å². The van der Waals surface area contributed by atoms with E-state index in [0.717, 1.165) is 23.7 Å². The summed E-state index contributed by atoms with van der Waals surface area (Å²) in [6, 6.07) is 0. The molecule has 1 heterocycles. The van der Waals surface area contributed by atoms with Crippen molar-refractivity contribution in [3.05, 3.63) is 0 Å². The summed E-state index contributed by atoms with van der Waals surface area (Å²) in [7, 11) is 0. The van der Waals surface area contributed by atoms with Gasteiger partial charge in [-0.2, -0.15) is 0 Å². The Kier molecular flexibility index (Phi) is 4.85. The van der Waals surface area contributed by atoms with Gasteiger partial charge in [0.1, 0.15) is 0 Å². The van der Waals surface area contributed by atoms with Crippen molar-refractivity contribution in [3.8, 4) is 0 Å². The fourth-order valence-electron chi connectivity index (χ4n) is 3.74. The summed E-state index contributed by atoms with van der Waals surface area (Å²) in [4.78, 5) is 0. The van der Waals surface area contributed by atoms with E-state index in [9.17, 15) is 0 Å². The van der Waals surface area contributed by atoms with Gasteiger partial charge in [-0.1, -0.05) is 48.0 Å². The van der Waals surface area contributed by atoms with Gasteiger partial charge in [0.05, 0.1) is 0 Å². The van der Waals surface area contributed by atoms with Crippen LogP contribution in [0.5, 0.6) is 0 Å². The van der Waals surface area contributed by atoms with E-state index in [4.69, 9.17) is 0 Å². The molecule has 0 aromatic heterocycles. The highest BCUT2D eigenvalue weighted by atomic mass is 14.9. The summed E-state index contributed by atoms with van der Waals surface area (Å²) >= 11 is 0. The first kappa shape index (κ1) is 14.0. The molecule has 0 aromatic carbocycles. The van der Waals surface area contributed by atoms with Crippen molar-refractivity contribution in [2.75, 3.05) is 13.1 Å². The quantitative estimate of drug-likeness (QED) is 0.767. The molecule has 1 nitrogen and oxygen atoms in total. The standard InChI is InChI=1S/C15H31N/c1-7-12-9-16-10-13(8-11(2)3)14(12)15(4,5)6/h11-14,16H,7-10H2,1-6H3. The normalized spacial score (nSPS) is 32.1. The highest BCUT2D eigenvalue weighted by Crippen LogP contribution is 2.43. The fourth-order valence-corrected chi connectivity index (χ4v) is 3.74. The highest BCUT2D eigenvalue weighted by molar-refractivity contribution is 4.91. The van der Waals surface area contributed by atoms with Gasteiger partial charge in [-0.05, 0) is 48.6 Å². The summed E-state index contributed by atoms with van der Waals surface area (Å²) in [5.74, 6) is 3.46. The molecule has 0 bridgehead atoms. The first-order valence-electron chi connectivity index (χ1n) is 7.07. The van der Waals surface area contributed by atoms with Crippen LogP contribution in [0.1, 0.15) is 54.4 Å². The van der Waals surface area contributed by atoms with Crippen LogP contribution < -0.4 is 5.32 Å². The average molecular weight is 225 g/mol. The van der Waals surface area contributed by atoms with E-state index in [0.29, 0.717) is 5.41 Å². The maximum Gasteiger partial charge on any atom is -0.00173 e. The lowest BCUT2D eigenvalue weighted by molar-refractivity contribution is 0.0459. The third kappa shape index (κ3) is 3.48. The molecule has 0 radical (unpaired) electrons. The molecule has 1 fully saturated rings. The Labute approximate surface area is 102 Å². The fraction of sp³-hybridized carbons (Fsp3) is 1.00. The largest absolute Gasteiger partial charge is 0.316 e. The van der Waals surface area contributed by atoms with Crippen molar-refractivity contribution in [2.24, 2.45) is 29.1 Å². The molecular formula is C15H31N. The van der Waals surface area contributed by atoms with Crippen molar-refractivity contribution < 1.29 is 0 Å². The Morgan fingerprint density at radius 2 is 1.69 bits per heavy atom. The first-order chi connectivity index (χ1) is 7.36. The number of piperidine rings is 1. The van der Waals surface area contributed by atoms with Gasteiger partial charge in [0.15, 0.2) is 0 Å². The van der Waals surface area contributed by atoms with Crippen LogP contribution in [0.25, 0.3) is 0 Å². The molecule has 3 atom stereocenters. The number of hydrogen-bond acceptors (Lipinski definition) is 1. The monoisotopic (exact) mass is 225 g/mol. The minimum absolute atomic E-state index is 0.461. The second-order valence-corrected chi connectivity index (χ2v) is 7.11. The van der Waals surface area contributed by atoms with Crippen LogP contribution in [-0.4, -0.2) is 13.1 Å². The minimum Gasteiger partial charge on any atom is -0.316 e. The van der Waals surface area contributed by atoms with E-state index >= 15 is 0 Å². The molecular weight excluding hydrogens is 194 g/mol. The molecule has 1 rings (SSSR count). The lowest BCUT2D eigenvalue weighted by atomic mass is 9.62. The van der Waals surface area contributed by atoms with E-state index in [1.54, 1.807) is 0 Å². The zero-order chi connectivity index (χ0) is 12.3. The van der Waals surface area contributed by atoms with Crippen molar-refractivity contribution >= 4 is 0 Å². The van der Waals surface area contributed by atoms with Crippen molar-refractivity contribution in [1.29, 1.82) is 0 Å². The molecule has 1 aliphatic rings. The van der Waals surface area contributed by atoms with Crippen molar-refractivity contribution in [3.63, 3.8) is 0 Å². The smallest absolute Gasteiger partial charge is 0.00173 e. The molecule has 1 saturated heterocycles. The molecule has 0 aliphatic carbocycles. The lowest BCUT2D eigenvalue weighted by Gasteiger charge is -2.46. The Morgan fingerprint density at radius 3 is 2.12 bits per heavy atom. The van der Waals surface area contributed by atoms with Crippen molar-refractivity contribution in [2.45, 2.75) is 54.4 Å². The van der Waals surface area contributed by atoms with Gasteiger partial charge in [0.2, 0.25) is 0 Å². The summed E-state index contributed by atoms with van der Waals surface area (Å²) in [5.41, 5.74) is 0.461. The van der Waals surface area contributed by atoms with Gasteiger partial charge in [-0.15, -0.1) is 0 Å². The average Bonchev–Trinajstić information content (AvgIpc) is 2.14. The van der Waals surface area contributed by atoms with Crippen LogP contribution >= 0.6 is 0 Å². The van der Waals surface area contributed by atoms with Gasteiger partial charge in [0, 0.05) is 0 Å². The second-order valence-electron chi connectivity index (χ2n) is 7.11. The van der Waals surface area contributed by atoms with Crippen LogP contribution in [0.2, 0.25) is 0 Å². The molecule has 0 amide bonds. The SMILES string of the molecule is CCC1CNCC(CC(C)C)C1C(C)(C)C. The van der Waals surface area contributed by atoms with Gasteiger partial charge in [-0.25, -0.2) is 0 Å². The van der Waals surface area contributed by atoms with Crippen LogP contribution in [0, 0.1) is 29.1 Å². The van der Waals surface area contributed by atoms with Gasteiger partial charge >= 0.3 is 0 Å². The molecule has 0 saturated carbocycles. The molecule has 0 aromatic rings. The third-order valence-electron chi connectivity index (χ3n) is 4.13. The lowest BCUT2D eigenvalue weighted by Crippen LogP contribution is -2.48. The predicted octanol–water partition coefficient (Wildman–Crippen LogP) is 3.94. The van der Waals surface area contributed by atoms with E-state index in [1.807, 2.05) is 0 Å². The molecule has 96 valence electrons. The zero-order valence-electron chi connectivity index (χ0n) is 12.1. The molecule has 3 unspecified atom stereocenters. The van der Waals surface area contributed by atoms with Gasteiger partial charge in [0.25, 0.3) is 0 Å². The Morgan fingerprint density at radius 1 is 1.12 bits per heavy atom. The highest BCUT2D eigenvalue weighted by Gasteiger charge is 2.39.